The van der Waals surface area contributed by atoms with Crippen LogP contribution in [0.1, 0.15) is 18.5 Å². The molecule has 0 radical (unpaired) electrons. The van der Waals surface area contributed by atoms with Crippen molar-refractivity contribution >= 4 is 23.4 Å². The van der Waals surface area contributed by atoms with Gasteiger partial charge in [-0.05, 0) is 44.0 Å². The summed E-state index contributed by atoms with van der Waals surface area (Å²) in [5, 5.41) is 9.39. The molecule has 2 aromatic rings. The minimum atomic E-state index is 0.0595. The number of aromatic nitrogens is 2. The van der Waals surface area contributed by atoms with E-state index in [-0.39, 0.29) is 11.8 Å². The fraction of sp³-hybridized carbons (Fsp3) is 0.450. The van der Waals surface area contributed by atoms with Gasteiger partial charge in [0, 0.05) is 49.7 Å². The second-order valence-corrected chi connectivity index (χ2v) is 6.68. The van der Waals surface area contributed by atoms with Gasteiger partial charge in [0.05, 0.1) is 7.11 Å². The van der Waals surface area contributed by atoms with Crippen molar-refractivity contribution in [2.45, 2.75) is 19.8 Å². The number of anilines is 3. The lowest BCUT2D eigenvalue weighted by Gasteiger charge is -2.21. The Morgan fingerprint density at radius 3 is 2.64 bits per heavy atom. The lowest BCUT2D eigenvalue weighted by Crippen LogP contribution is -2.36. The number of ether oxygens (including phenoxy) is 2. The Labute approximate surface area is 165 Å². The van der Waals surface area contributed by atoms with Gasteiger partial charge in [-0.25, -0.2) is 4.98 Å². The maximum absolute atomic E-state index is 12.1. The first kappa shape index (κ1) is 19.9. The normalized spacial score (nSPS) is 14.4. The van der Waals surface area contributed by atoms with Crippen molar-refractivity contribution in [3.63, 3.8) is 0 Å². The molecule has 2 heterocycles. The maximum Gasteiger partial charge on any atom is 0.224 e. The molecule has 1 saturated heterocycles. The lowest BCUT2D eigenvalue weighted by molar-refractivity contribution is -0.127. The fourth-order valence-corrected chi connectivity index (χ4v) is 3.00. The highest BCUT2D eigenvalue weighted by atomic mass is 16.5. The molecular weight excluding hydrogens is 358 g/mol. The van der Waals surface area contributed by atoms with Crippen LogP contribution in [0.2, 0.25) is 0 Å². The summed E-state index contributed by atoms with van der Waals surface area (Å²) in [5.41, 5.74) is 1.76. The number of carbonyl (C=O) groups is 1. The number of hydrogen-bond donors (Lipinski definition) is 3. The van der Waals surface area contributed by atoms with Crippen LogP contribution in [0.25, 0.3) is 0 Å². The summed E-state index contributed by atoms with van der Waals surface area (Å²) in [7, 11) is 1.64. The number of methoxy groups -OCH3 is 1. The predicted octanol–water partition coefficient (Wildman–Crippen LogP) is 2.49. The summed E-state index contributed by atoms with van der Waals surface area (Å²) in [6, 6.07) is 9.50. The highest BCUT2D eigenvalue weighted by Gasteiger charge is 2.20. The number of rotatable bonds is 8. The van der Waals surface area contributed by atoms with Crippen molar-refractivity contribution in [1.82, 2.24) is 15.3 Å². The quantitative estimate of drug-likeness (QED) is 0.601. The summed E-state index contributed by atoms with van der Waals surface area (Å²) < 4.78 is 10.5. The molecule has 1 aromatic heterocycles. The SMILES string of the molecule is COc1ccc(Nc2cc(C)nc(NCCNC(=O)C3CCOCC3)n2)cc1. The molecule has 8 heteroatoms. The summed E-state index contributed by atoms with van der Waals surface area (Å²) in [4.78, 5) is 21.0. The third kappa shape index (κ3) is 5.82. The zero-order valence-electron chi connectivity index (χ0n) is 16.3. The number of hydrogen-bond acceptors (Lipinski definition) is 7. The van der Waals surface area contributed by atoms with Crippen LogP contribution in [0.3, 0.4) is 0 Å². The standard InChI is InChI=1S/C20H27N5O3/c1-14-13-18(24-16-3-5-17(27-2)6-4-16)25-20(23-14)22-10-9-21-19(26)15-7-11-28-12-8-15/h3-6,13,15H,7-12H2,1-2H3,(H,21,26)(H2,22,23,24,25). The van der Waals surface area contributed by atoms with E-state index in [2.05, 4.69) is 25.9 Å². The van der Waals surface area contributed by atoms with Gasteiger partial charge in [-0.1, -0.05) is 0 Å². The number of amides is 1. The average molecular weight is 385 g/mol. The Morgan fingerprint density at radius 2 is 1.93 bits per heavy atom. The number of aryl methyl sites for hydroxylation is 1. The van der Waals surface area contributed by atoms with Crippen LogP contribution >= 0.6 is 0 Å². The zero-order valence-corrected chi connectivity index (χ0v) is 16.3. The molecule has 3 N–H and O–H groups in total. The van der Waals surface area contributed by atoms with Gasteiger partial charge in [0.25, 0.3) is 0 Å². The lowest BCUT2D eigenvalue weighted by atomic mass is 9.99. The van der Waals surface area contributed by atoms with Gasteiger partial charge in [-0.2, -0.15) is 4.98 Å². The Bertz CT molecular complexity index is 776. The van der Waals surface area contributed by atoms with E-state index in [0.29, 0.717) is 38.1 Å². The number of carbonyl (C=O) groups excluding carboxylic acids is 1. The monoisotopic (exact) mass is 385 g/mol. The summed E-state index contributed by atoms with van der Waals surface area (Å²) >= 11 is 0. The van der Waals surface area contributed by atoms with Crippen molar-refractivity contribution in [3.05, 3.63) is 36.0 Å². The molecule has 0 bridgehead atoms. The molecule has 1 aromatic carbocycles. The fourth-order valence-electron chi connectivity index (χ4n) is 3.00. The molecule has 1 aliphatic heterocycles. The number of nitrogens with zero attached hydrogens (tertiary/aromatic N) is 2. The summed E-state index contributed by atoms with van der Waals surface area (Å²) in [6.07, 6.45) is 1.58. The van der Waals surface area contributed by atoms with Gasteiger partial charge in [-0.3, -0.25) is 4.79 Å². The second-order valence-electron chi connectivity index (χ2n) is 6.68. The Hall–Kier alpha value is -2.87. The molecule has 1 amide bonds. The van der Waals surface area contributed by atoms with Crippen LogP contribution in [-0.4, -0.2) is 49.3 Å². The van der Waals surface area contributed by atoms with E-state index < -0.39 is 0 Å². The van der Waals surface area contributed by atoms with E-state index in [0.717, 1.165) is 30.0 Å². The third-order valence-electron chi connectivity index (χ3n) is 4.52. The van der Waals surface area contributed by atoms with Crippen LogP contribution < -0.4 is 20.7 Å². The van der Waals surface area contributed by atoms with Gasteiger partial charge in [0.1, 0.15) is 11.6 Å². The first-order valence-corrected chi connectivity index (χ1v) is 9.50. The first-order chi connectivity index (χ1) is 13.6. The Balaban J connectivity index is 1.49. The van der Waals surface area contributed by atoms with Crippen molar-refractivity contribution in [2.75, 3.05) is 44.0 Å². The highest BCUT2D eigenvalue weighted by Crippen LogP contribution is 2.20. The zero-order chi connectivity index (χ0) is 19.8. The predicted molar refractivity (Wildman–Crippen MR) is 108 cm³/mol. The smallest absolute Gasteiger partial charge is 0.224 e. The van der Waals surface area contributed by atoms with Gasteiger partial charge in [0.2, 0.25) is 11.9 Å². The topological polar surface area (TPSA) is 97.4 Å². The number of nitrogens with one attached hydrogen (secondary N) is 3. The molecule has 0 spiro atoms. The van der Waals surface area contributed by atoms with Crippen LogP contribution in [0.5, 0.6) is 5.75 Å². The Kier molecular flexibility index (Phi) is 7.02. The Morgan fingerprint density at radius 1 is 1.18 bits per heavy atom. The van der Waals surface area contributed by atoms with Crippen molar-refractivity contribution in [2.24, 2.45) is 5.92 Å². The maximum atomic E-state index is 12.1. The molecule has 0 saturated carbocycles. The van der Waals surface area contributed by atoms with E-state index in [1.807, 2.05) is 37.3 Å². The van der Waals surface area contributed by atoms with Crippen LogP contribution in [0, 0.1) is 12.8 Å². The first-order valence-electron chi connectivity index (χ1n) is 9.50. The van der Waals surface area contributed by atoms with Gasteiger partial charge in [0.15, 0.2) is 0 Å². The van der Waals surface area contributed by atoms with Crippen molar-refractivity contribution in [3.8, 4) is 5.75 Å². The molecule has 0 atom stereocenters. The van der Waals surface area contributed by atoms with E-state index in [4.69, 9.17) is 9.47 Å². The third-order valence-corrected chi connectivity index (χ3v) is 4.52. The van der Waals surface area contributed by atoms with Gasteiger partial charge in [-0.15, -0.1) is 0 Å². The molecule has 1 aliphatic rings. The molecule has 8 nitrogen and oxygen atoms in total. The average Bonchev–Trinajstić information content (AvgIpc) is 2.72. The van der Waals surface area contributed by atoms with E-state index >= 15 is 0 Å². The van der Waals surface area contributed by atoms with Crippen LogP contribution in [-0.2, 0) is 9.53 Å². The molecular formula is C20H27N5O3. The molecule has 150 valence electrons. The summed E-state index contributed by atoms with van der Waals surface area (Å²) in [6.45, 7) is 4.32. The molecule has 0 aliphatic carbocycles. The van der Waals surface area contributed by atoms with Gasteiger partial charge < -0.3 is 25.4 Å². The second kappa shape index (κ2) is 9.89. The molecule has 0 unspecified atom stereocenters. The largest absolute Gasteiger partial charge is 0.497 e. The molecule has 3 rings (SSSR count). The van der Waals surface area contributed by atoms with Crippen molar-refractivity contribution < 1.29 is 14.3 Å². The van der Waals surface area contributed by atoms with E-state index in [1.165, 1.54) is 0 Å². The van der Waals surface area contributed by atoms with E-state index in [1.54, 1.807) is 7.11 Å². The van der Waals surface area contributed by atoms with Crippen LogP contribution in [0.4, 0.5) is 17.5 Å². The summed E-state index contributed by atoms with van der Waals surface area (Å²) in [5.74, 6) is 2.18. The van der Waals surface area contributed by atoms with Gasteiger partial charge >= 0.3 is 0 Å². The highest BCUT2D eigenvalue weighted by molar-refractivity contribution is 5.78. The van der Waals surface area contributed by atoms with Crippen molar-refractivity contribution in [1.29, 1.82) is 0 Å². The molecule has 1 fully saturated rings. The minimum Gasteiger partial charge on any atom is -0.497 e. The van der Waals surface area contributed by atoms with E-state index in [9.17, 15) is 4.79 Å². The van der Waals surface area contributed by atoms with Crippen LogP contribution in [0.15, 0.2) is 30.3 Å². The number of benzene rings is 1. The minimum absolute atomic E-state index is 0.0595. The molecule has 28 heavy (non-hydrogen) atoms.